The summed E-state index contributed by atoms with van der Waals surface area (Å²) in [6.07, 6.45) is 7.93. The van der Waals surface area contributed by atoms with Gasteiger partial charge >= 0.3 is 0 Å². The van der Waals surface area contributed by atoms with Crippen molar-refractivity contribution in [3.8, 4) is 11.3 Å². The Labute approximate surface area is 199 Å². The van der Waals surface area contributed by atoms with E-state index in [1.54, 1.807) is 4.68 Å². The van der Waals surface area contributed by atoms with Crippen LogP contribution in [0.5, 0.6) is 0 Å². The fourth-order valence-electron chi connectivity index (χ4n) is 6.04. The molecule has 0 aliphatic carbocycles. The number of hydrogen-bond donors (Lipinski definition) is 1. The van der Waals surface area contributed by atoms with Crippen LogP contribution in [0, 0.1) is 11.8 Å². The number of benzene rings is 2. The van der Waals surface area contributed by atoms with Gasteiger partial charge in [0.1, 0.15) is 11.3 Å². The quantitative estimate of drug-likeness (QED) is 0.443. The SMILES string of the molecule is C=C[C@H]1CN2CC[C@H]1C[C@@H]2[C@@](O)(Cn1cc(-c2ccccc2)nn1)c1ccnc2ccccc12. The van der Waals surface area contributed by atoms with Gasteiger partial charge in [-0.05, 0) is 48.9 Å². The first-order valence-electron chi connectivity index (χ1n) is 12.0. The smallest absolute Gasteiger partial charge is 0.125 e. The molecule has 2 bridgehead atoms. The maximum absolute atomic E-state index is 12.6. The molecule has 172 valence electrons. The van der Waals surface area contributed by atoms with Crippen molar-refractivity contribution < 1.29 is 5.11 Å². The van der Waals surface area contributed by atoms with Crippen LogP contribution in [0.1, 0.15) is 18.4 Å². The van der Waals surface area contributed by atoms with Gasteiger partial charge in [0.15, 0.2) is 0 Å². The van der Waals surface area contributed by atoms with Gasteiger partial charge in [-0.1, -0.05) is 59.8 Å². The average molecular weight is 452 g/mol. The molecule has 3 aliphatic heterocycles. The molecule has 7 rings (SSSR count). The second-order valence-electron chi connectivity index (χ2n) is 9.66. The number of aliphatic hydroxyl groups is 1. The number of pyridine rings is 1. The lowest BCUT2D eigenvalue weighted by atomic mass is 9.69. The molecule has 2 aromatic carbocycles. The Morgan fingerprint density at radius 3 is 2.71 bits per heavy atom. The summed E-state index contributed by atoms with van der Waals surface area (Å²) < 4.78 is 1.80. The fourth-order valence-corrected chi connectivity index (χ4v) is 6.04. The van der Waals surface area contributed by atoms with E-state index in [9.17, 15) is 5.11 Å². The van der Waals surface area contributed by atoms with Crippen molar-refractivity contribution in [2.75, 3.05) is 13.1 Å². The Hall–Kier alpha value is -3.35. The van der Waals surface area contributed by atoms with Crippen molar-refractivity contribution in [2.24, 2.45) is 11.8 Å². The molecule has 0 radical (unpaired) electrons. The Morgan fingerprint density at radius 1 is 1.09 bits per heavy atom. The molecule has 5 heterocycles. The molecule has 6 nitrogen and oxygen atoms in total. The van der Waals surface area contributed by atoms with Gasteiger partial charge in [-0.25, -0.2) is 4.68 Å². The van der Waals surface area contributed by atoms with Crippen molar-refractivity contribution in [2.45, 2.75) is 31.0 Å². The summed E-state index contributed by atoms with van der Waals surface area (Å²) >= 11 is 0. The van der Waals surface area contributed by atoms with Gasteiger partial charge in [0, 0.05) is 29.7 Å². The standard InChI is InChI=1S/C28H29N5O/c1-2-20-17-32-15-13-22(20)16-27(32)28(34,24-12-14-29-25-11-7-6-10-23(24)25)19-33-18-26(30-31-33)21-8-4-3-5-9-21/h2-12,14,18,20,22,27,34H,1,13,15-17,19H2/t20-,22-,27+,28+/m0/s1. The summed E-state index contributed by atoms with van der Waals surface area (Å²) in [6, 6.07) is 20.1. The van der Waals surface area contributed by atoms with Crippen molar-refractivity contribution in [3.05, 3.63) is 91.3 Å². The maximum Gasteiger partial charge on any atom is 0.125 e. The van der Waals surface area contributed by atoms with Crippen molar-refractivity contribution in [3.63, 3.8) is 0 Å². The summed E-state index contributed by atoms with van der Waals surface area (Å²) in [5.74, 6) is 1.03. The lowest BCUT2D eigenvalue weighted by molar-refractivity contribution is -0.118. The molecule has 3 fully saturated rings. The number of rotatable bonds is 6. The highest BCUT2D eigenvalue weighted by Gasteiger charge is 2.50. The molecule has 2 aromatic heterocycles. The van der Waals surface area contributed by atoms with Crippen LogP contribution in [-0.2, 0) is 12.1 Å². The number of nitrogens with zero attached hydrogens (tertiary/aromatic N) is 5. The van der Waals surface area contributed by atoms with E-state index in [4.69, 9.17) is 0 Å². The minimum atomic E-state index is -1.14. The highest BCUT2D eigenvalue weighted by molar-refractivity contribution is 5.82. The number of hydrogen-bond acceptors (Lipinski definition) is 5. The van der Waals surface area contributed by atoms with Gasteiger partial charge in [-0.2, -0.15) is 0 Å². The minimum Gasteiger partial charge on any atom is -0.382 e. The van der Waals surface area contributed by atoms with E-state index in [1.165, 1.54) is 0 Å². The minimum absolute atomic E-state index is 0.0161. The largest absolute Gasteiger partial charge is 0.382 e. The van der Waals surface area contributed by atoms with Gasteiger partial charge in [0.2, 0.25) is 0 Å². The first-order chi connectivity index (χ1) is 16.7. The van der Waals surface area contributed by atoms with Crippen LogP contribution in [0.4, 0.5) is 0 Å². The summed E-state index contributed by atoms with van der Waals surface area (Å²) in [4.78, 5) is 7.01. The van der Waals surface area contributed by atoms with Crippen LogP contribution in [0.2, 0.25) is 0 Å². The molecule has 6 heteroatoms. The highest BCUT2D eigenvalue weighted by atomic mass is 16.3. The number of fused-ring (bicyclic) bond motifs is 4. The molecule has 0 amide bonds. The number of para-hydroxylation sites is 1. The van der Waals surface area contributed by atoms with E-state index in [-0.39, 0.29) is 6.04 Å². The molecule has 0 saturated carbocycles. The maximum atomic E-state index is 12.6. The normalized spacial score (nSPS) is 25.8. The van der Waals surface area contributed by atoms with Crippen molar-refractivity contribution in [1.82, 2.24) is 24.9 Å². The highest BCUT2D eigenvalue weighted by Crippen LogP contribution is 2.45. The summed E-state index contributed by atoms with van der Waals surface area (Å²) in [6.45, 7) is 6.33. The van der Waals surface area contributed by atoms with Crippen LogP contribution in [0.3, 0.4) is 0 Å². The van der Waals surface area contributed by atoms with E-state index in [1.807, 2.05) is 67.0 Å². The molecule has 4 aromatic rings. The first kappa shape index (κ1) is 21.2. The molecular formula is C28H29N5O. The van der Waals surface area contributed by atoms with Gasteiger partial charge < -0.3 is 5.11 Å². The first-order valence-corrected chi connectivity index (χ1v) is 12.0. The van der Waals surface area contributed by atoms with E-state index < -0.39 is 5.60 Å². The Balaban J connectivity index is 1.43. The monoisotopic (exact) mass is 451 g/mol. The molecule has 1 N–H and O–H groups in total. The average Bonchev–Trinajstić information content (AvgIpc) is 3.37. The molecule has 34 heavy (non-hydrogen) atoms. The molecule has 0 spiro atoms. The van der Waals surface area contributed by atoms with Crippen LogP contribution >= 0.6 is 0 Å². The lowest BCUT2D eigenvalue weighted by Crippen LogP contribution is -2.61. The Morgan fingerprint density at radius 2 is 1.91 bits per heavy atom. The second kappa shape index (κ2) is 8.46. The Bertz CT molecular complexity index is 1310. The van der Waals surface area contributed by atoms with Crippen molar-refractivity contribution >= 4 is 10.9 Å². The van der Waals surface area contributed by atoms with E-state index in [2.05, 4.69) is 38.9 Å². The van der Waals surface area contributed by atoms with Gasteiger partial charge in [0.05, 0.1) is 18.3 Å². The molecule has 3 aliphatic rings. The zero-order valence-corrected chi connectivity index (χ0v) is 19.2. The third kappa shape index (κ3) is 3.54. The Kier molecular flexibility index (Phi) is 5.27. The summed E-state index contributed by atoms with van der Waals surface area (Å²) in [5.41, 5.74) is 2.47. The van der Waals surface area contributed by atoms with Crippen LogP contribution in [-0.4, -0.2) is 49.1 Å². The number of aromatic nitrogens is 4. The molecule has 1 unspecified atom stereocenters. The third-order valence-corrected chi connectivity index (χ3v) is 7.79. The van der Waals surface area contributed by atoms with Gasteiger partial charge in [-0.3, -0.25) is 9.88 Å². The third-order valence-electron chi connectivity index (χ3n) is 7.79. The van der Waals surface area contributed by atoms with Gasteiger partial charge in [-0.15, -0.1) is 11.7 Å². The topological polar surface area (TPSA) is 67.1 Å². The second-order valence-corrected chi connectivity index (χ2v) is 9.66. The van der Waals surface area contributed by atoms with E-state index in [0.717, 1.165) is 53.7 Å². The number of piperidine rings is 3. The van der Waals surface area contributed by atoms with E-state index >= 15 is 0 Å². The van der Waals surface area contributed by atoms with Crippen molar-refractivity contribution in [1.29, 1.82) is 0 Å². The zero-order chi connectivity index (χ0) is 23.1. The van der Waals surface area contributed by atoms with Crippen LogP contribution < -0.4 is 0 Å². The van der Waals surface area contributed by atoms with Crippen LogP contribution in [0.15, 0.2) is 85.7 Å². The van der Waals surface area contributed by atoms with E-state index in [0.29, 0.717) is 18.4 Å². The predicted octanol–water partition coefficient (Wildman–Crippen LogP) is 4.28. The summed E-state index contributed by atoms with van der Waals surface area (Å²) in [5, 5.41) is 22.5. The van der Waals surface area contributed by atoms with Crippen LogP contribution in [0.25, 0.3) is 22.2 Å². The zero-order valence-electron chi connectivity index (χ0n) is 19.2. The fraction of sp³-hybridized carbons (Fsp3) is 0.321. The lowest BCUT2D eigenvalue weighted by Gasteiger charge is -2.54. The molecule has 3 saturated heterocycles. The molecule has 5 atom stereocenters. The predicted molar refractivity (Wildman–Crippen MR) is 133 cm³/mol. The molecular weight excluding hydrogens is 422 g/mol. The van der Waals surface area contributed by atoms with Gasteiger partial charge in [0.25, 0.3) is 0 Å². The summed E-state index contributed by atoms with van der Waals surface area (Å²) in [7, 11) is 0.